The molecule has 0 amide bonds. The molecule has 0 aliphatic heterocycles. The summed E-state index contributed by atoms with van der Waals surface area (Å²) < 4.78 is 20.7. The minimum absolute atomic E-state index is 0.131. The Morgan fingerprint density at radius 3 is 2.71 bits per heavy atom. The molecule has 0 bridgehead atoms. The number of nitrogens with two attached hydrogens (primary N) is 1. The molecule has 6 aromatic heterocycles. The first-order chi connectivity index (χ1) is 15.2. The zero-order chi connectivity index (χ0) is 20.9. The van der Waals surface area contributed by atoms with E-state index in [1.54, 1.807) is 31.0 Å². The maximum Gasteiger partial charge on any atom is 0.161 e. The number of imidazole rings is 1. The molecule has 0 aliphatic rings. The van der Waals surface area contributed by atoms with Gasteiger partial charge in [-0.25, -0.2) is 9.37 Å². The van der Waals surface area contributed by atoms with Gasteiger partial charge in [0.1, 0.15) is 16.9 Å². The maximum atomic E-state index is 15.6. The van der Waals surface area contributed by atoms with Crippen LogP contribution in [0.1, 0.15) is 0 Å². The zero-order valence-corrected chi connectivity index (χ0v) is 15.8. The Kier molecular flexibility index (Phi) is 3.60. The van der Waals surface area contributed by atoms with Crippen molar-refractivity contribution in [3.63, 3.8) is 0 Å². The van der Waals surface area contributed by atoms with Crippen molar-refractivity contribution in [2.45, 2.75) is 0 Å². The van der Waals surface area contributed by atoms with E-state index in [1.807, 2.05) is 6.07 Å². The van der Waals surface area contributed by atoms with Crippen LogP contribution in [0.5, 0.6) is 0 Å². The number of hydrogen-bond donors (Lipinski definition) is 3. The molecule has 6 heterocycles. The van der Waals surface area contributed by atoms with Crippen LogP contribution in [0.2, 0.25) is 0 Å². The van der Waals surface area contributed by atoms with Gasteiger partial charge < -0.3 is 15.1 Å². The quantitative estimate of drug-likeness (QED) is 0.401. The van der Waals surface area contributed by atoms with E-state index >= 15 is 4.39 Å². The van der Waals surface area contributed by atoms with Gasteiger partial charge in [0, 0.05) is 35.3 Å². The van der Waals surface area contributed by atoms with Gasteiger partial charge in [0.25, 0.3) is 0 Å². The first-order valence-corrected chi connectivity index (χ1v) is 9.29. The predicted octanol–water partition coefficient (Wildman–Crippen LogP) is 3.94. The third kappa shape index (κ3) is 2.65. The Bertz CT molecular complexity index is 1570. The number of nitrogens with zero attached hydrogens (tertiary/aromatic N) is 5. The predicted molar refractivity (Wildman–Crippen MR) is 112 cm³/mol. The number of nitrogen functional groups attached to an aromatic ring is 1. The number of rotatable bonds is 3. The topological polar surface area (TPSA) is 135 Å². The van der Waals surface area contributed by atoms with Gasteiger partial charge >= 0.3 is 0 Å². The van der Waals surface area contributed by atoms with Crippen LogP contribution in [0.3, 0.4) is 0 Å². The average Bonchev–Trinajstić information content (AvgIpc) is 3.52. The van der Waals surface area contributed by atoms with E-state index in [2.05, 4.69) is 35.1 Å². The Morgan fingerprint density at radius 2 is 1.87 bits per heavy atom. The molecule has 0 aliphatic carbocycles. The third-order valence-corrected chi connectivity index (χ3v) is 5.03. The Labute approximate surface area is 173 Å². The van der Waals surface area contributed by atoms with Crippen molar-refractivity contribution in [3.05, 3.63) is 61.5 Å². The molecule has 0 radical (unpaired) electrons. The number of H-pyrrole nitrogens is 2. The number of aromatic nitrogens is 7. The van der Waals surface area contributed by atoms with Gasteiger partial charge in [0.15, 0.2) is 11.6 Å². The van der Waals surface area contributed by atoms with Crippen LogP contribution in [0.25, 0.3) is 55.8 Å². The van der Waals surface area contributed by atoms with Gasteiger partial charge in [-0.1, -0.05) is 0 Å². The van der Waals surface area contributed by atoms with Crippen LogP contribution >= 0.6 is 0 Å². The Morgan fingerprint density at radius 1 is 0.968 bits per heavy atom. The van der Waals surface area contributed by atoms with Crippen LogP contribution in [0, 0.1) is 5.82 Å². The molecule has 0 atom stereocenters. The molecule has 10 heteroatoms. The first-order valence-electron chi connectivity index (χ1n) is 9.29. The van der Waals surface area contributed by atoms with Crippen LogP contribution in [-0.2, 0) is 0 Å². The minimum atomic E-state index is -0.540. The smallest absolute Gasteiger partial charge is 0.161 e. The SMILES string of the molecule is Nc1cncc(-c2ncc3[nH]nc(-c4nc5c(-c6ccoc6)cncc5[nH]4)c3c2F)c1. The summed E-state index contributed by atoms with van der Waals surface area (Å²) in [5.74, 6) is -0.136. The lowest BCUT2D eigenvalue weighted by molar-refractivity contribution is 0.568. The number of hydrogen-bond acceptors (Lipinski definition) is 7. The van der Waals surface area contributed by atoms with Crippen molar-refractivity contribution in [2.24, 2.45) is 0 Å². The summed E-state index contributed by atoms with van der Waals surface area (Å²) in [6.07, 6.45) is 11.1. The summed E-state index contributed by atoms with van der Waals surface area (Å²) in [7, 11) is 0. The zero-order valence-electron chi connectivity index (χ0n) is 15.8. The number of aromatic amines is 2. The molecule has 0 saturated heterocycles. The second-order valence-electron chi connectivity index (χ2n) is 6.97. The van der Waals surface area contributed by atoms with Gasteiger partial charge in [0.2, 0.25) is 0 Å². The second-order valence-corrected chi connectivity index (χ2v) is 6.97. The molecule has 0 saturated carbocycles. The van der Waals surface area contributed by atoms with Crippen molar-refractivity contribution in [3.8, 4) is 33.9 Å². The molecule has 6 rings (SSSR count). The highest BCUT2D eigenvalue weighted by molar-refractivity contribution is 5.97. The summed E-state index contributed by atoms with van der Waals surface area (Å²) in [5.41, 5.74) is 10.6. The molecule has 31 heavy (non-hydrogen) atoms. The molecule has 6 aromatic rings. The summed E-state index contributed by atoms with van der Waals surface area (Å²) in [6, 6.07) is 3.44. The van der Waals surface area contributed by atoms with Gasteiger partial charge in [-0.2, -0.15) is 5.10 Å². The molecular formula is C21H13FN8O. The van der Waals surface area contributed by atoms with Gasteiger partial charge in [0.05, 0.1) is 47.0 Å². The van der Waals surface area contributed by atoms with E-state index in [1.165, 1.54) is 18.6 Å². The van der Waals surface area contributed by atoms with E-state index in [4.69, 9.17) is 10.2 Å². The number of nitrogens with one attached hydrogen (secondary N) is 2. The lowest BCUT2D eigenvalue weighted by atomic mass is 10.1. The fourth-order valence-electron chi connectivity index (χ4n) is 3.61. The van der Waals surface area contributed by atoms with Gasteiger partial charge in [-0.05, 0) is 12.1 Å². The van der Waals surface area contributed by atoms with Crippen molar-refractivity contribution in [2.75, 3.05) is 5.73 Å². The third-order valence-electron chi connectivity index (χ3n) is 5.03. The summed E-state index contributed by atoms with van der Waals surface area (Å²) in [5, 5.41) is 7.38. The van der Waals surface area contributed by atoms with E-state index in [0.29, 0.717) is 39.3 Å². The fraction of sp³-hybridized carbons (Fsp3) is 0. The monoisotopic (exact) mass is 412 g/mol. The standard InChI is InChI=1S/C21H13FN8O/c22-17-16-14(8-26-18(17)11-3-12(23)5-24-4-11)29-30-20(16)21-27-15-7-25-6-13(19(15)28-21)10-1-2-31-9-10/h1-9H,23H2,(H,27,28)(H,29,30). The molecule has 0 aromatic carbocycles. The Balaban J connectivity index is 1.56. The first kappa shape index (κ1) is 17.3. The largest absolute Gasteiger partial charge is 0.472 e. The molecule has 9 nitrogen and oxygen atoms in total. The van der Waals surface area contributed by atoms with Crippen LogP contribution in [-0.4, -0.2) is 35.1 Å². The number of pyridine rings is 3. The lowest BCUT2D eigenvalue weighted by Gasteiger charge is -2.04. The highest BCUT2D eigenvalue weighted by atomic mass is 19.1. The highest BCUT2D eigenvalue weighted by Crippen LogP contribution is 2.34. The van der Waals surface area contributed by atoms with Crippen LogP contribution in [0.4, 0.5) is 10.1 Å². The van der Waals surface area contributed by atoms with Crippen molar-refractivity contribution in [1.29, 1.82) is 0 Å². The molecule has 0 fully saturated rings. The van der Waals surface area contributed by atoms with Crippen LogP contribution in [0.15, 0.2) is 60.1 Å². The van der Waals surface area contributed by atoms with E-state index < -0.39 is 5.82 Å². The minimum Gasteiger partial charge on any atom is -0.472 e. The molecule has 150 valence electrons. The van der Waals surface area contributed by atoms with Crippen molar-refractivity contribution < 1.29 is 8.81 Å². The molecule has 0 spiro atoms. The number of furan rings is 1. The fourth-order valence-corrected chi connectivity index (χ4v) is 3.61. The maximum absolute atomic E-state index is 15.6. The van der Waals surface area contributed by atoms with Gasteiger partial charge in [-0.3, -0.25) is 20.1 Å². The number of fused-ring (bicyclic) bond motifs is 2. The summed E-state index contributed by atoms with van der Waals surface area (Å²) >= 11 is 0. The number of halogens is 1. The second kappa shape index (κ2) is 6.46. The number of anilines is 1. The van der Waals surface area contributed by atoms with Gasteiger partial charge in [-0.15, -0.1) is 0 Å². The van der Waals surface area contributed by atoms with Crippen molar-refractivity contribution in [1.82, 2.24) is 35.1 Å². The average molecular weight is 412 g/mol. The molecule has 4 N–H and O–H groups in total. The summed E-state index contributed by atoms with van der Waals surface area (Å²) in [6.45, 7) is 0. The normalized spacial score (nSPS) is 11.5. The highest BCUT2D eigenvalue weighted by Gasteiger charge is 2.21. The van der Waals surface area contributed by atoms with E-state index in [-0.39, 0.29) is 11.1 Å². The Hall–Kier alpha value is -4.60. The summed E-state index contributed by atoms with van der Waals surface area (Å²) in [4.78, 5) is 20.4. The van der Waals surface area contributed by atoms with Crippen molar-refractivity contribution >= 4 is 27.6 Å². The van der Waals surface area contributed by atoms with Crippen LogP contribution < -0.4 is 5.73 Å². The van der Waals surface area contributed by atoms with E-state index in [0.717, 1.165) is 11.1 Å². The molecule has 0 unspecified atom stereocenters. The lowest BCUT2D eigenvalue weighted by Crippen LogP contribution is -1.94. The van der Waals surface area contributed by atoms with E-state index in [9.17, 15) is 0 Å². The molecular weight excluding hydrogens is 399 g/mol.